The zero-order chi connectivity index (χ0) is 7.11. The summed E-state index contributed by atoms with van der Waals surface area (Å²) < 4.78 is 0. The van der Waals surface area contributed by atoms with Crippen molar-refractivity contribution in [2.75, 3.05) is 33.4 Å². The quantitative estimate of drug-likeness (QED) is 0.559. The first-order valence-corrected chi connectivity index (χ1v) is 3.18. The first-order valence-electron chi connectivity index (χ1n) is 3.18. The average molecular weight is 132 g/mol. The summed E-state index contributed by atoms with van der Waals surface area (Å²) in [6, 6.07) is 0. The minimum Gasteiger partial charge on any atom is -0.396 e. The first kappa shape index (κ1) is 8.88. The van der Waals surface area contributed by atoms with Crippen LogP contribution in [-0.4, -0.2) is 43.4 Å². The predicted octanol–water partition coefficient (Wildman–Crippen LogP) is -0.269. The zero-order valence-corrected chi connectivity index (χ0v) is 5.84. The van der Waals surface area contributed by atoms with E-state index in [0.29, 0.717) is 6.54 Å². The van der Waals surface area contributed by atoms with Crippen molar-refractivity contribution in [2.24, 2.45) is 0 Å². The summed E-state index contributed by atoms with van der Waals surface area (Å²) in [6.45, 7) is 1.56. The van der Waals surface area contributed by atoms with Crippen LogP contribution in [0.3, 0.4) is 0 Å². The van der Waals surface area contributed by atoms with Gasteiger partial charge in [-0.1, -0.05) is 0 Å². The highest BCUT2D eigenvalue weighted by Gasteiger charge is 1.94. The highest BCUT2D eigenvalue weighted by Crippen LogP contribution is 1.83. The minimum atomic E-state index is -0.0536. The van der Waals surface area contributed by atoms with E-state index < -0.39 is 0 Å². The van der Waals surface area contributed by atoms with Gasteiger partial charge in [-0.05, 0) is 13.5 Å². The van der Waals surface area contributed by atoms with Crippen LogP contribution in [0.25, 0.3) is 0 Å². The number of aliphatic hydroxyl groups is 1. The van der Waals surface area contributed by atoms with Gasteiger partial charge in [0.1, 0.15) is 0 Å². The molecule has 9 heavy (non-hydrogen) atoms. The van der Waals surface area contributed by atoms with E-state index in [4.69, 9.17) is 5.11 Å². The van der Waals surface area contributed by atoms with Crippen LogP contribution in [0.15, 0.2) is 0 Å². The van der Waals surface area contributed by atoms with Gasteiger partial charge in [0.15, 0.2) is 0 Å². The molecule has 0 aromatic carbocycles. The number of nitrogens with zero attached hydrogens (tertiary/aromatic N) is 1. The Kier molecular flexibility index (Phi) is 5.93. The average Bonchev–Trinajstić information content (AvgIpc) is 1.85. The van der Waals surface area contributed by atoms with Gasteiger partial charge in [0.25, 0.3) is 0 Å². The predicted molar refractivity (Wildman–Crippen MR) is 34.8 cm³/mol. The molecule has 0 amide bonds. The first-order chi connectivity index (χ1) is 4.31. The van der Waals surface area contributed by atoms with E-state index in [9.17, 15) is 5.11 Å². The molecule has 0 unspecified atom stereocenters. The van der Waals surface area contributed by atoms with Gasteiger partial charge < -0.3 is 10.0 Å². The molecule has 1 N–H and O–H groups in total. The zero-order valence-electron chi connectivity index (χ0n) is 5.84. The summed E-state index contributed by atoms with van der Waals surface area (Å²) >= 11 is 0. The second kappa shape index (κ2) is 6.01. The third kappa shape index (κ3) is 5.76. The smallest absolute Gasteiger partial charge is 0.0949 e. The minimum absolute atomic E-state index is 0.0536. The Labute approximate surface area is 55.9 Å². The fourth-order valence-corrected chi connectivity index (χ4v) is 0.608. The number of hydrogen-bond donors (Lipinski definition) is 1. The Hall–Kier alpha value is -0.120. The van der Waals surface area contributed by atoms with Crippen molar-refractivity contribution in [1.29, 1.82) is 0 Å². The highest BCUT2D eigenvalue weighted by molar-refractivity contribution is 4.47. The Bertz CT molecular complexity index is 59.0. The number of likely N-dealkylation sites (N-methyl/N-ethyl adjacent to an activating group) is 1. The van der Waals surface area contributed by atoms with Crippen LogP contribution in [0.1, 0.15) is 6.42 Å². The summed E-state index contributed by atoms with van der Waals surface area (Å²) in [4.78, 5) is 1.92. The van der Waals surface area contributed by atoms with E-state index in [1.165, 1.54) is 0 Å². The second-order valence-corrected chi connectivity index (χ2v) is 2.08. The fourth-order valence-electron chi connectivity index (χ4n) is 0.608. The molecule has 0 aromatic rings. The summed E-state index contributed by atoms with van der Waals surface area (Å²) in [6.07, 6.45) is 0.760. The summed E-state index contributed by atoms with van der Waals surface area (Å²) in [5.74, 6) is 0. The lowest BCUT2D eigenvalue weighted by Crippen LogP contribution is -2.23. The number of hydrogen-bond acceptors (Lipinski definition) is 2. The Morgan fingerprint density at radius 3 is 2.56 bits per heavy atom. The van der Waals surface area contributed by atoms with Crippen molar-refractivity contribution >= 4 is 0 Å². The van der Waals surface area contributed by atoms with E-state index in [0.717, 1.165) is 13.0 Å². The van der Waals surface area contributed by atoms with E-state index in [1.807, 2.05) is 11.9 Å². The van der Waals surface area contributed by atoms with Gasteiger partial charge in [-0.25, -0.2) is 5.11 Å². The molecule has 0 fully saturated rings. The molecular weight excluding hydrogens is 118 g/mol. The van der Waals surface area contributed by atoms with Crippen LogP contribution in [-0.2, 0) is 5.11 Å². The third-order valence-corrected chi connectivity index (χ3v) is 1.17. The molecular formula is C6H14NO2. The van der Waals surface area contributed by atoms with Gasteiger partial charge in [-0.2, -0.15) is 0 Å². The van der Waals surface area contributed by atoms with Crippen molar-refractivity contribution in [3.63, 3.8) is 0 Å². The standard InChI is InChI=1S/C6H14NO2/c1-7(4-6-9)3-2-5-8/h8H,2-6H2,1H3. The summed E-state index contributed by atoms with van der Waals surface area (Å²) in [7, 11) is 1.88. The maximum Gasteiger partial charge on any atom is 0.0949 e. The van der Waals surface area contributed by atoms with Crippen molar-refractivity contribution in [3.8, 4) is 0 Å². The molecule has 0 bridgehead atoms. The van der Waals surface area contributed by atoms with Gasteiger partial charge in [-0.3, -0.25) is 0 Å². The van der Waals surface area contributed by atoms with Crippen LogP contribution in [0.4, 0.5) is 0 Å². The van der Waals surface area contributed by atoms with Crippen molar-refractivity contribution in [2.45, 2.75) is 6.42 Å². The molecule has 0 aliphatic rings. The molecule has 0 aromatic heterocycles. The topological polar surface area (TPSA) is 43.4 Å². The van der Waals surface area contributed by atoms with E-state index in [2.05, 4.69) is 0 Å². The van der Waals surface area contributed by atoms with Gasteiger partial charge in [0.2, 0.25) is 0 Å². The molecule has 55 valence electrons. The van der Waals surface area contributed by atoms with Crippen molar-refractivity contribution < 1.29 is 10.2 Å². The van der Waals surface area contributed by atoms with Crippen LogP contribution in [0.2, 0.25) is 0 Å². The molecule has 0 aliphatic carbocycles. The van der Waals surface area contributed by atoms with Gasteiger partial charge >= 0.3 is 0 Å². The largest absolute Gasteiger partial charge is 0.396 e. The molecule has 0 spiro atoms. The fraction of sp³-hybridized carbons (Fsp3) is 1.00. The van der Waals surface area contributed by atoms with E-state index in [-0.39, 0.29) is 13.2 Å². The van der Waals surface area contributed by atoms with E-state index in [1.54, 1.807) is 0 Å². The van der Waals surface area contributed by atoms with E-state index >= 15 is 0 Å². The lowest BCUT2D eigenvalue weighted by atomic mass is 10.4. The molecule has 0 rings (SSSR count). The second-order valence-electron chi connectivity index (χ2n) is 2.08. The van der Waals surface area contributed by atoms with Crippen LogP contribution >= 0.6 is 0 Å². The molecule has 3 heteroatoms. The maximum atomic E-state index is 10.00. The van der Waals surface area contributed by atoms with Gasteiger partial charge in [0, 0.05) is 19.7 Å². The number of aliphatic hydroxyl groups excluding tert-OH is 1. The third-order valence-electron chi connectivity index (χ3n) is 1.17. The molecule has 0 heterocycles. The summed E-state index contributed by atoms with van der Waals surface area (Å²) in [5.41, 5.74) is 0. The Morgan fingerprint density at radius 1 is 1.44 bits per heavy atom. The molecule has 0 atom stereocenters. The van der Waals surface area contributed by atoms with Crippen LogP contribution in [0, 0.1) is 0 Å². The van der Waals surface area contributed by atoms with Crippen molar-refractivity contribution in [1.82, 2.24) is 4.90 Å². The Balaban J connectivity index is 2.95. The molecule has 0 saturated carbocycles. The SMILES string of the molecule is CN(CC[O])CCCO. The highest BCUT2D eigenvalue weighted by atomic mass is 16.3. The van der Waals surface area contributed by atoms with Gasteiger partial charge in [0.05, 0.1) is 6.61 Å². The molecule has 0 saturated heterocycles. The maximum absolute atomic E-state index is 10.00. The van der Waals surface area contributed by atoms with Crippen molar-refractivity contribution in [3.05, 3.63) is 0 Å². The Morgan fingerprint density at radius 2 is 2.11 bits per heavy atom. The molecule has 0 aliphatic heterocycles. The normalized spacial score (nSPS) is 10.7. The summed E-state index contributed by atoms with van der Waals surface area (Å²) in [5, 5.41) is 18.4. The lowest BCUT2D eigenvalue weighted by Gasteiger charge is -2.12. The van der Waals surface area contributed by atoms with Gasteiger partial charge in [-0.15, -0.1) is 0 Å². The van der Waals surface area contributed by atoms with Crippen LogP contribution < -0.4 is 0 Å². The van der Waals surface area contributed by atoms with Crippen LogP contribution in [0.5, 0.6) is 0 Å². The molecule has 3 nitrogen and oxygen atoms in total. The monoisotopic (exact) mass is 132 g/mol. The number of rotatable bonds is 5. The molecule has 1 radical (unpaired) electrons. The lowest BCUT2D eigenvalue weighted by molar-refractivity contribution is 0.148.